The molecule has 0 amide bonds. The Morgan fingerprint density at radius 2 is 2.23 bits per heavy atom. The molecule has 0 fully saturated rings. The molecule has 2 heteroatoms. The number of rotatable bonds is 3. The summed E-state index contributed by atoms with van der Waals surface area (Å²) < 4.78 is 5.11. The maximum atomic E-state index is 5.85. The molecule has 0 aliphatic rings. The molecule has 2 nitrogen and oxygen atoms in total. The molecule has 1 rings (SSSR count). The average Bonchev–Trinajstić information content (AvgIpc) is 2.17. The summed E-state index contributed by atoms with van der Waals surface area (Å²) in [6, 6.07) is 5.75. The van der Waals surface area contributed by atoms with Crippen molar-refractivity contribution in [2.24, 2.45) is 5.73 Å². The van der Waals surface area contributed by atoms with Gasteiger partial charge >= 0.3 is 0 Å². The van der Waals surface area contributed by atoms with E-state index in [1.165, 1.54) is 0 Å². The van der Waals surface area contributed by atoms with Crippen LogP contribution < -0.4 is 10.5 Å². The van der Waals surface area contributed by atoms with Crippen LogP contribution in [0.15, 0.2) is 30.9 Å². The number of aryl methyl sites for hydroxylation is 1. The van der Waals surface area contributed by atoms with Crippen molar-refractivity contribution in [2.45, 2.75) is 13.0 Å². The zero-order chi connectivity index (χ0) is 9.84. The van der Waals surface area contributed by atoms with Gasteiger partial charge < -0.3 is 10.5 Å². The third-order valence-corrected chi connectivity index (χ3v) is 2.10. The first kappa shape index (κ1) is 9.81. The number of benzene rings is 1. The van der Waals surface area contributed by atoms with Crippen LogP contribution in [0.3, 0.4) is 0 Å². The van der Waals surface area contributed by atoms with Gasteiger partial charge in [-0.1, -0.05) is 12.1 Å². The van der Waals surface area contributed by atoms with E-state index in [0.29, 0.717) is 0 Å². The average molecular weight is 177 g/mol. The molecule has 0 aliphatic carbocycles. The van der Waals surface area contributed by atoms with Crippen LogP contribution in [0.2, 0.25) is 0 Å². The molecule has 70 valence electrons. The van der Waals surface area contributed by atoms with Gasteiger partial charge in [-0.25, -0.2) is 0 Å². The van der Waals surface area contributed by atoms with Crippen molar-refractivity contribution in [3.63, 3.8) is 0 Å². The van der Waals surface area contributed by atoms with Gasteiger partial charge in [0, 0.05) is 6.04 Å². The highest BCUT2D eigenvalue weighted by molar-refractivity contribution is 5.38. The zero-order valence-corrected chi connectivity index (χ0v) is 8.08. The van der Waals surface area contributed by atoms with Crippen LogP contribution in [0.4, 0.5) is 0 Å². The molecule has 2 N–H and O–H groups in total. The Morgan fingerprint density at radius 1 is 1.54 bits per heavy atom. The van der Waals surface area contributed by atoms with Crippen LogP contribution in [0.1, 0.15) is 17.2 Å². The van der Waals surface area contributed by atoms with E-state index < -0.39 is 0 Å². The fourth-order valence-corrected chi connectivity index (χ4v) is 1.23. The zero-order valence-electron chi connectivity index (χ0n) is 8.08. The van der Waals surface area contributed by atoms with Gasteiger partial charge in [0.15, 0.2) is 0 Å². The van der Waals surface area contributed by atoms with Crippen molar-refractivity contribution in [1.29, 1.82) is 0 Å². The van der Waals surface area contributed by atoms with Crippen molar-refractivity contribution in [3.05, 3.63) is 42.0 Å². The summed E-state index contributed by atoms with van der Waals surface area (Å²) in [5.41, 5.74) is 8.07. The Kier molecular flexibility index (Phi) is 3.09. The monoisotopic (exact) mass is 177 g/mol. The van der Waals surface area contributed by atoms with E-state index in [0.717, 1.165) is 16.9 Å². The smallest absolute Gasteiger partial charge is 0.119 e. The molecule has 0 bridgehead atoms. The van der Waals surface area contributed by atoms with Gasteiger partial charge in [-0.3, -0.25) is 0 Å². The maximum absolute atomic E-state index is 5.85. The molecule has 1 unspecified atom stereocenters. The lowest BCUT2D eigenvalue weighted by atomic mass is 10.0. The second-order valence-corrected chi connectivity index (χ2v) is 2.98. The topological polar surface area (TPSA) is 35.2 Å². The van der Waals surface area contributed by atoms with Crippen LogP contribution in [0.25, 0.3) is 0 Å². The van der Waals surface area contributed by atoms with Gasteiger partial charge in [-0.05, 0) is 30.2 Å². The van der Waals surface area contributed by atoms with E-state index >= 15 is 0 Å². The molecule has 1 aromatic carbocycles. The lowest BCUT2D eigenvalue weighted by Gasteiger charge is -2.11. The van der Waals surface area contributed by atoms with Gasteiger partial charge in [0.05, 0.1) is 7.11 Å². The minimum atomic E-state index is -0.116. The number of methoxy groups -OCH3 is 1. The number of hydrogen-bond donors (Lipinski definition) is 1. The summed E-state index contributed by atoms with van der Waals surface area (Å²) in [7, 11) is 1.65. The largest absolute Gasteiger partial charge is 0.497 e. The summed E-state index contributed by atoms with van der Waals surface area (Å²) in [6.45, 7) is 5.69. The van der Waals surface area contributed by atoms with E-state index in [4.69, 9.17) is 10.5 Å². The Bertz CT molecular complexity index is 307. The van der Waals surface area contributed by atoms with Crippen molar-refractivity contribution in [2.75, 3.05) is 7.11 Å². The Labute approximate surface area is 79.0 Å². The minimum Gasteiger partial charge on any atom is -0.497 e. The van der Waals surface area contributed by atoms with E-state index in [2.05, 4.69) is 6.58 Å². The summed E-state index contributed by atoms with van der Waals surface area (Å²) in [4.78, 5) is 0. The van der Waals surface area contributed by atoms with Gasteiger partial charge in [0.1, 0.15) is 5.75 Å². The fourth-order valence-electron chi connectivity index (χ4n) is 1.23. The Balaban J connectivity index is 3.10. The predicted molar refractivity (Wildman–Crippen MR) is 54.9 cm³/mol. The fraction of sp³-hybridized carbons (Fsp3) is 0.273. The Morgan fingerprint density at radius 3 is 2.77 bits per heavy atom. The van der Waals surface area contributed by atoms with Crippen molar-refractivity contribution in [1.82, 2.24) is 0 Å². The Hall–Kier alpha value is -1.28. The third-order valence-electron chi connectivity index (χ3n) is 2.10. The second-order valence-electron chi connectivity index (χ2n) is 2.98. The van der Waals surface area contributed by atoms with Gasteiger partial charge in [-0.2, -0.15) is 0 Å². The molecule has 0 heterocycles. The molecule has 1 aromatic rings. The quantitative estimate of drug-likeness (QED) is 0.718. The number of hydrogen-bond acceptors (Lipinski definition) is 2. The summed E-state index contributed by atoms with van der Waals surface area (Å²) >= 11 is 0. The molecule has 0 radical (unpaired) electrons. The van der Waals surface area contributed by atoms with Crippen LogP contribution in [0.5, 0.6) is 5.75 Å². The molecule has 1 atom stereocenters. The number of ether oxygens (including phenoxy) is 1. The predicted octanol–water partition coefficient (Wildman–Crippen LogP) is 2.19. The molecule has 0 aliphatic heterocycles. The molecular weight excluding hydrogens is 162 g/mol. The SMILES string of the molecule is C=CC(N)c1cc(OC)ccc1C. The summed E-state index contributed by atoms with van der Waals surface area (Å²) in [5, 5.41) is 0. The highest BCUT2D eigenvalue weighted by Crippen LogP contribution is 2.22. The first-order valence-corrected chi connectivity index (χ1v) is 4.21. The first-order chi connectivity index (χ1) is 6.19. The highest BCUT2D eigenvalue weighted by atomic mass is 16.5. The van der Waals surface area contributed by atoms with Crippen LogP contribution in [0, 0.1) is 6.92 Å². The summed E-state index contributed by atoms with van der Waals surface area (Å²) in [5.74, 6) is 0.831. The minimum absolute atomic E-state index is 0.116. The lowest BCUT2D eigenvalue weighted by Crippen LogP contribution is -2.08. The van der Waals surface area contributed by atoms with E-state index in [1.54, 1.807) is 13.2 Å². The van der Waals surface area contributed by atoms with Gasteiger partial charge in [-0.15, -0.1) is 6.58 Å². The molecule has 13 heavy (non-hydrogen) atoms. The van der Waals surface area contributed by atoms with E-state index in [9.17, 15) is 0 Å². The first-order valence-electron chi connectivity index (χ1n) is 4.21. The third kappa shape index (κ3) is 2.10. The molecular formula is C11H15NO. The van der Waals surface area contributed by atoms with Crippen LogP contribution in [-0.2, 0) is 0 Å². The van der Waals surface area contributed by atoms with Crippen molar-refractivity contribution >= 4 is 0 Å². The summed E-state index contributed by atoms with van der Waals surface area (Å²) in [6.07, 6.45) is 1.72. The standard InChI is InChI=1S/C11H15NO/c1-4-11(12)10-7-9(13-3)6-5-8(10)2/h4-7,11H,1,12H2,2-3H3. The second kappa shape index (κ2) is 4.10. The van der Waals surface area contributed by atoms with Gasteiger partial charge in [0.2, 0.25) is 0 Å². The lowest BCUT2D eigenvalue weighted by molar-refractivity contribution is 0.414. The van der Waals surface area contributed by atoms with Gasteiger partial charge in [0.25, 0.3) is 0 Å². The van der Waals surface area contributed by atoms with Crippen molar-refractivity contribution in [3.8, 4) is 5.75 Å². The molecule has 0 saturated heterocycles. The maximum Gasteiger partial charge on any atom is 0.119 e. The van der Waals surface area contributed by atoms with Crippen LogP contribution in [-0.4, -0.2) is 7.11 Å². The molecule has 0 aromatic heterocycles. The highest BCUT2D eigenvalue weighted by Gasteiger charge is 2.05. The molecule has 0 saturated carbocycles. The van der Waals surface area contributed by atoms with Crippen LogP contribution >= 0.6 is 0 Å². The van der Waals surface area contributed by atoms with E-state index in [1.807, 2.05) is 25.1 Å². The van der Waals surface area contributed by atoms with E-state index in [-0.39, 0.29) is 6.04 Å². The van der Waals surface area contributed by atoms with Crippen molar-refractivity contribution < 1.29 is 4.74 Å². The molecule has 0 spiro atoms. The normalized spacial score (nSPS) is 12.2. The number of nitrogens with two attached hydrogens (primary N) is 1.